The highest BCUT2D eigenvalue weighted by atomic mass is 19.4. The van der Waals surface area contributed by atoms with E-state index in [0.29, 0.717) is 0 Å². The first kappa shape index (κ1) is 11.5. The molecule has 5 heteroatoms. The van der Waals surface area contributed by atoms with Gasteiger partial charge in [-0.25, -0.2) is 0 Å². The summed E-state index contributed by atoms with van der Waals surface area (Å²) in [5, 5.41) is 17.6. The molecule has 80 valence electrons. The van der Waals surface area contributed by atoms with Gasteiger partial charge in [-0.15, -0.1) is 0 Å². The Morgan fingerprint density at radius 2 is 2.07 bits per heavy atom. The molecule has 1 aromatic rings. The number of aliphatic hydroxyl groups excluding tert-OH is 1. The number of nitrogens with zero attached hydrogens (tertiary/aromatic N) is 1. The Morgan fingerprint density at radius 1 is 1.40 bits per heavy atom. The zero-order valence-electron chi connectivity index (χ0n) is 7.62. The van der Waals surface area contributed by atoms with Crippen LogP contribution in [0.3, 0.4) is 0 Å². The number of aliphatic hydroxyl groups is 1. The fourth-order valence-electron chi connectivity index (χ4n) is 1.13. The highest BCUT2D eigenvalue weighted by molar-refractivity contribution is 5.27. The lowest BCUT2D eigenvalue weighted by atomic mass is 10.0. The molecule has 0 radical (unpaired) electrons. The maximum atomic E-state index is 12.3. The van der Waals surface area contributed by atoms with E-state index in [4.69, 9.17) is 5.26 Å². The van der Waals surface area contributed by atoms with Gasteiger partial charge in [-0.05, 0) is 17.7 Å². The number of rotatable bonds is 2. The second-order valence-electron chi connectivity index (χ2n) is 3.00. The standard InChI is InChI=1S/C10H8F3NO/c11-10(12,13)8-3-1-2-7(6-8)9(15)4-5-14/h1-3,6,9,15H,4H2/t9-/m0/s1. The van der Waals surface area contributed by atoms with Gasteiger partial charge in [0.1, 0.15) is 0 Å². The van der Waals surface area contributed by atoms with Crippen molar-refractivity contribution in [1.82, 2.24) is 0 Å². The summed E-state index contributed by atoms with van der Waals surface area (Å²) in [7, 11) is 0. The third-order valence-electron chi connectivity index (χ3n) is 1.88. The van der Waals surface area contributed by atoms with Crippen LogP contribution in [0.1, 0.15) is 23.7 Å². The van der Waals surface area contributed by atoms with Crippen LogP contribution in [-0.4, -0.2) is 5.11 Å². The summed E-state index contributed by atoms with van der Waals surface area (Å²) in [4.78, 5) is 0. The Kier molecular flexibility index (Phi) is 3.32. The van der Waals surface area contributed by atoms with Crippen LogP contribution < -0.4 is 0 Å². The summed E-state index contributed by atoms with van der Waals surface area (Å²) in [6.07, 6.45) is -5.82. The first-order valence-electron chi connectivity index (χ1n) is 4.17. The Hall–Kier alpha value is -1.54. The number of nitriles is 1. The van der Waals surface area contributed by atoms with Crippen molar-refractivity contribution in [2.45, 2.75) is 18.7 Å². The van der Waals surface area contributed by atoms with E-state index in [-0.39, 0.29) is 12.0 Å². The van der Waals surface area contributed by atoms with Crippen molar-refractivity contribution in [3.05, 3.63) is 35.4 Å². The fourth-order valence-corrected chi connectivity index (χ4v) is 1.13. The molecule has 1 N–H and O–H groups in total. The van der Waals surface area contributed by atoms with Crippen molar-refractivity contribution >= 4 is 0 Å². The zero-order chi connectivity index (χ0) is 11.5. The third kappa shape index (κ3) is 2.96. The van der Waals surface area contributed by atoms with Crippen molar-refractivity contribution < 1.29 is 18.3 Å². The summed E-state index contributed by atoms with van der Waals surface area (Å²) >= 11 is 0. The van der Waals surface area contributed by atoms with E-state index < -0.39 is 17.8 Å². The zero-order valence-corrected chi connectivity index (χ0v) is 7.62. The van der Waals surface area contributed by atoms with E-state index in [1.807, 2.05) is 0 Å². The van der Waals surface area contributed by atoms with Gasteiger partial charge < -0.3 is 5.11 Å². The number of hydrogen-bond donors (Lipinski definition) is 1. The molecule has 0 spiro atoms. The average molecular weight is 215 g/mol. The average Bonchev–Trinajstić information content (AvgIpc) is 2.17. The lowest BCUT2D eigenvalue weighted by molar-refractivity contribution is -0.137. The van der Waals surface area contributed by atoms with Crippen molar-refractivity contribution in [3.63, 3.8) is 0 Å². The second kappa shape index (κ2) is 4.32. The topological polar surface area (TPSA) is 44.0 Å². The van der Waals surface area contributed by atoms with Crippen LogP contribution in [0.4, 0.5) is 13.2 Å². The van der Waals surface area contributed by atoms with Crippen LogP contribution in [0.2, 0.25) is 0 Å². The van der Waals surface area contributed by atoms with Crippen LogP contribution in [0.15, 0.2) is 24.3 Å². The Labute approximate surface area is 84.6 Å². The van der Waals surface area contributed by atoms with Gasteiger partial charge in [-0.3, -0.25) is 0 Å². The van der Waals surface area contributed by atoms with Crippen molar-refractivity contribution in [1.29, 1.82) is 5.26 Å². The molecule has 0 saturated carbocycles. The third-order valence-corrected chi connectivity index (χ3v) is 1.88. The van der Waals surface area contributed by atoms with Crippen molar-refractivity contribution in [3.8, 4) is 6.07 Å². The Morgan fingerprint density at radius 3 is 2.60 bits per heavy atom. The van der Waals surface area contributed by atoms with Crippen LogP contribution in [0.5, 0.6) is 0 Å². The van der Waals surface area contributed by atoms with Gasteiger partial charge in [0.2, 0.25) is 0 Å². The number of benzene rings is 1. The van der Waals surface area contributed by atoms with E-state index in [2.05, 4.69) is 0 Å². The minimum absolute atomic E-state index is 0.103. The number of alkyl halides is 3. The summed E-state index contributed by atoms with van der Waals surface area (Å²) in [5.41, 5.74) is -0.719. The molecule has 0 aliphatic heterocycles. The second-order valence-corrected chi connectivity index (χ2v) is 3.00. The minimum atomic E-state index is -4.43. The molecule has 15 heavy (non-hydrogen) atoms. The maximum Gasteiger partial charge on any atom is 0.416 e. The maximum absolute atomic E-state index is 12.3. The van der Waals surface area contributed by atoms with E-state index in [9.17, 15) is 18.3 Å². The first-order chi connectivity index (χ1) is 6.95. The van der Waals surface area contributed by atoms with Gasteiger partial charge in [0.05, 0.1) is 24.2 Å². The van der Waals surface area contributed by atoms with Crippen LogP contribution in [-0.2, 0) is 6.18 Å². The molecule has 0 aliphatic rings. The summed E-state index contributed by atoms with van der Waals surface area (Å²) in [6, 6.07) is 6.03. The predicted octanol–water partition coefficient (Wildman–Crippen LogP) is 2.65. The van der Waals surface area contributed by atoms with Crippen molar-refractivity contribution in [2.75, 3.05) is 0 Å². The van der Waals surface area contributed by atoms with Crippen molar-refractivity contribution in [2.24, 2.45) is 0 Å². The quantitative estimate of drug-likeness (QED) is 0.824. The molecule has 1 aromatic carbocycles. The summed E-state index contributed by atoms with van der Waals surface area (Å²) in [6.45, 7) is 0. The first-order valence-corrected chi connectivity index (χ1v) is 4.17. The molecule has 1 rings (SSSR count). The van der Waals surface area contributed by atoms with Gasteiger partial charge >= 0.3 is 6.18 Å². The number of hydrogen-bond acceptors (Lipinski definition) is 2. The van der Waals surface area contributed by atoms with Gasteiger partial charge in [0, 0.05) is 0 Å². The molecular formula is C10H8F3NO. The molecule has 0 unspecified atom stereocenters. The smallest absolute Gasteiger partial charge is 0.387 e. The van der Waals surface area contributed by atoms with E-state index in [1.165, 1.54) is 12.1 Å². The van der Waals surface area contributed by atoms with Crippen LogP contribution in [0.25, 0.3) is 0 Å². The molecule has 0 bridgehead atoms. The molecule has 0 aromatic heterocycles. The van der Waals surface area contributed by atoms with Gasteiger partial charge in [-0.1, -0.05) is 12.1 Å². The molecular weight excluding hydrogens is 207 g/mol. The highest BCUT2D eigenvalue weighted by Gasteiger charge is 2.30. The minimum Gasteiger partial charge on any atom is -0.387 e. The summed E-state index contributed by atoms with van der Waals surface area (Å²) < 4.78 is 36.8. The molecule has 0 heterocycles. The Balaban J connectivity index is 2.99. The highest BCUT2D eigenvalue weighted by Crippen LogP contribution is 2.31. The molecule has 0 aliphatic carbocycles. The number of halogens is 3. The molecule has 0 saturated heterocycles. The monoisotopic (exact) mass is 215 g/mol. The molecule has 0 fully saturated rings. The SMILES string of the molecule is N#CC[C@H](O)c1cccc(C(F)(F)F)c1. The Bertz CT molecular complexity index is 381. The molecule has 1 atom stereocenters. The van der Waals surface area contributed by atoms with Gasteiger partial charge in [-0.2, -0.15) is 18.4 Å². The predicted molar refractivity (Wildman–Crippen MR) is 46.6 cm³/mol. The molecule has 2 nitrogen and oxygen atoms in total. The van der Waals surface area contributed by atoms with E-state index >= 15 is 0 Å². The lowest BCUT2D eigenvalue weighted by Crippen LogP contribution is -2.06. The van der Waals surface area contributed by atoms with E-state index in [1.54, 1.807) is 6.07 Å². The largest absolute Gasteiger partial charge is 0.416 e. The van der Waals surface area contributed by atoms with Gasteiger partial charge in [0.25, 0.3) is 0 Å². The molecule has 0 amide bonds. The fraction of sp³-hybridized carbons (Fsp3) is 0.300. The van der Waals surface area contributed by atoms with Crippen LogP contribution >= 0.6 is 0 Å². The normalized spacial score (nSPS) is 13.3. The summed E-state index contributed by atoms with van der Waals surface area (Å²) in [5.74, 6) is 0. The van der Waals surface area contributed by atoms with Crippen LogP contribution in [0, 0.1) is 11.3 Å². The van der Waals surface area contributed by atoms with Gasteiger partial charge in [0.15, 0.2) is 0 Å². The van der Waals surface area contributed by atoms with E-state index in [0.717, 1.165) is 12.1 Å². The lowest BCUT2D eigenvalue weighted by Gasteiger charge is -2.11.